The maximum Gasteiger partial charge on any atom is 0.341 e. The van der Waals surface area contributed by atoms with Crippen molar-refractivity contribution in [3.63, 3.8) is 0 Å². The molecule has 0 aliphatic heterocycles. The normalized spacial score (nSPS) is 11.9. The molecule has 0 amide bonds. The number of carboxylic acid groups (broad SMARTS) is 1. The van der Waals surface area contributed by atoms with E-state index in [2.05, 4.69) is 15.3 Å². The Morgan fingerprint density at radius 1 is 1.00 bits per heavy atom. The monoisotopic (exact) mass is 571 g/mol. The van der Waals surface area contributed by atoms with Crippen molar-refractivity contribution >= 4 is 5.97 Å². The molecule has 0 saturated carbocycles. The summed E-state index contributed by atoms with van der Waals surface area (Å²) in [6.07, 6.45) is 1.01. The van der Waals surface area contributed by atoms with E-state index in [1.807, 2.05) is 52.0 Å². The molecule has 5 aromatic rings. The van der Waals surface area contributed by atoms with Crippen molar-refractivity contribution in [1.29, 1.82) is 0 Å². The average molecular weight is 572 g/mol. The molecular weight excluding hydrogens is 541 g/mol. The molecule has 2 aromatic heterocycles. The minimum absolute atomic E-state index is 0.0300. The number of benzene rings is 3. The minimum atomic E-state index is -1.06. The number of carboxylic acids is 1. The molecule has 11 heteroatoms. The highest BCUT2D eigenvalue weighted by atomic mass is 19.1. The van der Waals surface area contributed by atoms with Crippen LogP contribution in [0.1, 0.15) is 42.6 Å². The SMILES string of the molecule is Cc1cc(OC(c2ccc(OC(C)C)cc2)c2n[nH]c(-c3cnn(-c4ccc(F)cc4)c3C)n2)ccc1OCC(=O)O. The highest BCUT2D eigenvalue weighted by Gasteiger charge is 2.24. The Labute approximate surface area is 241 Å². The number of aromatic amines is 1. The summed E-state index contributed by atoms with van der Waals surface area (Å²) >= 11 is 0. The van der Waals surface area contributed by atoms with Crippen molar-refractivity contribution < 1.29 is 28.5 Å². The molecule has 0 fully saturated rings. The highest BCUT2D eigenvalue weighted by molar-refractivity contribution is 5.68. The zero-order chi connectivity index (χ0) is 29.8. The third-order valence-corrected chi connectivity index (χ3v) is 6.38. The molecule has 0 aliphatic carbocycles. The molecule has 216 valence electrons. The third-order valence-electron chi connectivity index (χ3n) is 6.38. The summed E-state index contributed by atoms with van der Waals surface area (Å²) in [5.41, 5.74) is 3.75. The minimum Gasteiger partial charge on any atom is -0.491 e. The maximum absolute atomic E-state index is 13.4. The van der Waals surface area contributed by atoms with Gasteiger partial charge >= 0.3 is 5.97 Å². The highest BCUT2D eigenvalue weighted by Crippen LogP contribution is 2.32. The van der Waals surface area contributed by atoms with Crippen LogP contribution in [0.4, 0.5) is 4.39 Å². The third kappa shape index (κ3) is 6.41. The van der Waals surface area contributed by atoms with Crippen molar-refractivity contribution in [3.8, 4) is 34.3 Å². The van der Waals surface area contributed by atoms with Crippen LogP contribution in [-0.2, 0) is 4.79 Å². The Morgan fingerprint density at radius 2 is 1.71 bits per heavy atom. The molecule has 5 rings (SSSR count). The van der Waals surface area contributed by atoms with Gasteiger partial charge in [-0.3, -0.25) is 5.10 Å². The van der Waals surface area contributed by atoms with Gasteiger partial charge in [0.1, 0.15) is 23.1 Å². The Morgan fingerprint density at radius 3 is 2.38 bits per heavy atom. The first kappa shape index (κ1) is 28.3. The predicted molar refractivity (Wildman–Crippen MR) is 153 cm³/mol. The van der Waals surface area contributed by atoms with Crippen LogP contribution in [0.2, 0.25) is 0 Å². The number of nitrogens with one attached hydrogen (secondary N) is 1. The molecule has 42 heavy (non-hydrogen) atoms. The van der Waals surface area contributed by atoms with Crippen LogP contribution < -0.4 is 14.2 Å². The zero-order valence-corrected chi connectivity index (χ0v) is 23.5. The first-order valence-electron chi connectivity index (χ1n) is 13.3. The lowest BCUT2D eigenvalue weighted by atomic mass is 10.1. The van der Waals surface area contributed by atoms with E-state index in [1.54, 1.807) is 41.2 Å². The van der Waals surface area contributed by atoms with Gasteiger partial charge in [0.05, 0.1) is 29.2 Å². The fourth-order valence-electron chi connectivity index (χ4n) is 4.39. The number of aliphatic carboxylic acids is 1. The van der Waals surface area contributed by atoms with Gasteiger partial charge in [-0.2, -0.15) is 10.2 Å². The predicted octanol–water partition coefficient (Wildman–Crippen LogP) is 5.83. The van der Waals surface area contributed by atoms with Crippen LogP contribution in [-0.4, -0.2) is 48.7 Å². The van der Waals surface area contributed by atoms with Crippen molar-refractivity contribution in [2.75, 3.05) is 6.61 Å². The largest absolute Gasteiger partial charge is 0.491 e. The lowest BCUT2D eigenvalue weighted by molar-refractivity contribution is -0.139. The molecule has 10 nitrogen and oxygen atoms in total. The van der Waals surface area contributed by atoms with Crippen LogP contribution in [0.15, 0.2) is 72.9 Å². The molecule has 0 saturated heterocycles. The van der Waals surface area contributed by atoms with Crippen molar-refractivity contribution in [2.24, 2.45) is 0 Å². The Kier molecular flexibility index (Phi) is 8.19. The zero-order valence-electron chi connectivity index (χ0n) is 23.5. The lowest BCUT2D eigenvalue weighted by Gasteiger charge is -2.19. The summed E-state index contributed by atoms with van der Waals surface area (Å²) in [6.45, 7) is 7.18. The van der Waals surface area contributed by atoms with Gasteiger partial charge in [-0.1, -0.05) is 12.1 Å². The number of rotatable bonds is 11. The summed E-state index contributed by atoms with van der Waals surface area (Å²) in [6, 6.07) is 18.7. The number of hydrogen-bond acceptors (Lipinski definition) is 7. The van der Waals surface area contributed by atoms with Crippen LogP contribution >= 0.6 is 0 Å². The Balaban J connectivity index is 1.46. The average Bonchev–Trinajstić information content (AvgIpc) is 3.58. The molecule has 1 unspecified atom stereocenters. The fourth-order valence-corrected chi connectivity index (χ4v) is 4.39. The summed E-state index contributed by atoms with van der Waals surface area (Å²) in [5.74, 6) is 1.20. The lowest BCUT2D eigenvalue weighted by Crippen LogP contribution is -2.13. The van der Waals surface area contributed by atoms with Crippen molar-refractivity contribution in [1.82, 2.24) is 25.0 Å². The summed E-state index contributed by atoms with van der Waals surface area (Å²) < 4.78 is 32.7. The van der Waals surface area contributed by atoms with Gasteiger partial charge in [0.15, 0.2) is 24.4 Å². The van der Waals surface area contributed by atoms with Crippen LogP contribution in [0.3, 0.4) is 0 Å². The van der Waals surface area contributed by atoms with Gasteiger partial charge in [-0.15, -0.1) is 0 Å². The van der Waals surface area contributed by atoms with E-state index in [1.165, 1.54) is 12.1 Å². The number of ether oxygens (including phenoxy) is 3. The number of halogens is 1. The number of aromatic nitrogens is 5. The van der Waals surface area contributed by atoms with E-state index in [4.69, 9.17) is 24.3 Å². The van der Waals surface area contributed by atoms with Crippen molar-refractivity contribution in [3.05, 3.63) is 101 Å². The van der Waals surface area contributed by atoms with Crippen LogP contribution in [0.5, 0.6) is 17.2 Å². The number of carbonyl (C=O) groups is 1. The van der Waals surface area contributed by atoms with Crippen LogP contribution in [0.25, 0.3) is 17.1 Å². The Hall–Kier alpha value is -5.19. The van der Waals surface area contributed by atoms with Gasteiger partial charge < -0.3 is 19.3 Å². The quantitative estimate of drug-likeness (QED) is 0.203. The van der Waals surface area contributed by atoms with E-state index in [9.17, 15) is 9.18 Å². The van der Waals surface area contributed by atoms with Gasteiger partial charge in [0.25, 0.3) is 0 Å². The Bertz CT molecular complexity index is 1680. The van der Waals surface area contributed by atoms with Gasteiger partial charge in [0, 0.05) is 5.56 Å². The number of aryl methyl sites for hydroxylation is 1. The topological polar surface area (TPSA) is 124 Å². The number of nitrogens with zero attached hydrogens (tertiary/aromatic N) is 4. The van der Waals surface area contributed by atoms with Gasteiger partial charge in [-0.05, 0) is 87.9 Å². The fraction of sp³-hybridized carbons (Fsp3) is 0.226. The van der Waals surface area contributed by atoms with E-state index in [0.717, 1.165) is 28.3 Å². The van der Waals surface area contributed by atoms with E-state index in [0.29, 0.717) is 28.7 Å². The standard InChI is InChI=1S/C31H30FN5O5/c1-18(2)41-24-11-5-21(6-12-24)29(42-25-13-14-27(19(3)15-25)40-17-28(38)39)31-34-30(35-36-31)26-16-33-37(20(26)4)23-9-7-22(32)8-10-23/h5-16,18,29H,17H2,1-4H3,(H,38,39)(H,34,35,36). The molecule has 1 atom stereocenters. The molecule has 0 radical (unpaired) electrons. The number of hydrogen-bond donors (Lipinski definition) is 2. The molecular formula is C31H30FN5O5. The number of H-pyrrole nitrogens is 1. The molecule has 3 aromatic carbocycles. The summed E-state index contributed by atoms with van der Waals surface area (Å²) in [5, 5.41) is 20.9. The van der Waals surface area contributed by atoms with Crippen molar-refractivity contribution in [2.45, 2.75) is 39.9 Å². The molecule has 2 heterocycles. The molecule has 2 N–H and O–H groups in total. The molecule has 0 bridgehead atoms. The van der Waals surface area contributed by atoms with Crippen LogP contribution in [0, 0.1) is 19.7 Å². The smallest absolute Gasteiger partial charge is 0.341 e. The first-order valence-corrected chi connectivity index (χ1v) is 13.3. The summed E-state index contributed by atoms with van der Waals surface area (Å²) in [7, 11) is 0. The summed E-state index contributed by atoms with van der Waals surface area (Å²) in [4.78, 5) is 15.7. The van der Waals surface area contributed by atoms with Gasteiger partial charge in [-0.25, -0.2) is 18.9 Å². The second kappa shape index (κ2) is 12.1. The second-order valence-corrected chi connectivity index (χ2v) is 9.92. The molecule has 0 spiro atoms. The van der Waals surface area contributed by atoms with E-state index < -0.39 is 18.7 Å². The first-order chi connectivity index (χ1) is 20.2. The van der Waals surface area contributed by atoms with Gasteiger partial charge in [0.2, 0.25) is 0 Å². The second-order valence-electron chi connectivity index (χ2n) is 9.92. The van der Waals surface area contributed by atoms with E-state index >= 15 is 0 Å². The molecule has 0 aliphatic rings. The van der Waals surface area contributed by atoms with E-state index in [-0.39, 0.29) is 11.9 Å². The maximum atomic E-state index is 13.4.